The van der Waals surface area contributed by atoms with Crippen LogP contribution in [0.1, 0.15) is 29.6 Å². The van der Waals surface area contributed by atoms with Gasteiger partial charge < -0.3 is 19.7 Å². The number of nitrogens with one attached hydrogen (secondary N) is 1. The SMILES string of the molecule is COc1cc(OC)c(NC(=O)c2ccc(SCCN3CCCCC3)nc2)cc1Cl. The van der Waals surface area contributed by atoms with Gasteiger partial charge in [0.1, 0.15) is 11.5 Å². The van der Waals surface area contributed by atoms with Crippen molar-refractivity contribution in [1.82, 2.24) is 9.88 Å². The molecule has 0 bridgehead atoms. The maximum atomic E-state index is 12.6. The quantitative estimate of drug-likeness (QED) is 0.612. The Morgan fingerprint density at radius 1 is 1.17 bits per heavy atom. The lowest BCUT2D eigenvalue weighted by Crippen LogP contribution is -2.31. The Balaban J connectivity index is 1.57. The van der Waals surface area contributed by atoms with Crippen LogP contribution in [-0.4, -0.2) is 55.4 Å². The van der Waals surface area contributed by atoms with E-state index < -0.39 is 0 Å². The number of anilines is 1. The first-order chi connectivity index (χ1) is 14.1. The number of amides is 1. The average molecular weight is 436 g/mol. The van der Waals surface area contributed by atoms with Crippen molar-refractivity contribution in [3.05, 3.63) is 41.0 Å². The van der Waals surface area contributed by atoms with Gasteiger partial charge in [-0.15, -0.1) is 11.8 Å². The summed E-state index contributed by atoms with van der Waals surface area (Å²) in [5.74, 6) is 1.67. The molecule has 0 radical (unpaired) electrons. The second kappa shape index (κ2) is 10.7. The molecule has 0 aliphatic carbocycles. The molecule has 1 aliphatic heterocycles. The molecule has 1 aromatic carbocycles. The van der Waals surface area contributed by atoms with E-state index in [1.54, 1.807) is 36.2 Å². The third-order valence-corrected chi connectivity index (χ3v) is 6.05. The van der Waals surface area contributed by atoms with E-state index in [2.05, 4.69) is 15.2 Å². The van der Waals surface area contributed by atoms with Crippen molar-refractivity contribution >= 4 is 35.0 Å². The zero-order valence-electron chi connectivity index (χ0n) is 16.7. The number of pyridine rings is 1. The van der Waals surface area contributed by atoms with Crippen LogP contribution in [0.15, 0.2) is 35.5 Å². The topological polar surface area (TPSA) is 63.7 Å². The molecular formula is C21H26ClN3O3S. The molecule has 1 aliphatic rings. The van der Waals surface area contributed by atoms with Gasteiger partial charge in [0.05, 0.1) is 35.5 Å². The summed E-state index contributed by atoms with van der Waals surface area (Å²) < 4.78 is 10.5. The van der Waals surface area contributed by atoms with Crippen LogP contribution in [0.5, 0.6) is 11.5 Å². The lowest BCUT2D eigenvalue weighted by atomic mass is 10.1. The van der Waals surface area contributed by atoms with Crippen molar-refractivity contribution in [3.63, 3.8) is 0 Å². The number of hydrogen-bond acceptors (Lipinski definition) is 6. The van der Waals surface area contributed by atoms with Gasteiger partial charge in [-0.1, -0.05) is 18.0 Å². The number of thioether (sulfide) groups is 1. The Hall–Kier alpha value is -1.96. The van der Waals surface area contributed by atoms with Gasteiger partial charge in [0.25, 0.3) is 5.91 Å². The summed E-state index contributed by atoms with van der Waals surface area (Å²) in [4.78, 5) is 19.5. The summed E-state index contributed by atoms with van der Waals surface area (Å²) in [6.07, 6.45) is 5.55. The smallest absolute Gasteiger partial charge is 0.257 e. The van der Waals surface area contributed by atoms with Gasteiger partial charge in [0.2, 0.25) is 0 Å². The highest BCUT2D eigenvalue weighted by Crippen LogP contribution is 2.36. The first kappa shape index (κ1) is 21.7. The monoisotopic (exact) mass is 435 g/mol. The lowest BCUT2D eigenvalue weighted by molar-refractivity contribution is 0.102. The molecule has 8 heteroatoms. The molecule has 156 valence electrons. The molecule has 29 heavy (non-hydrogen) atoms. The van der Waals surface area contributed by atoms with Gasteiger partial charge in [0, 0.05) is 24.6 Å². The van der Waals surface area contributed by atoms with Crippen molar-refractivity contribution in [3.8, 4) is 11.5 Å². The molecule has 6 nitrogen and oxygen atoms in total. The second-order valence-corrected chi connectivity index (χ2v) is 8.30. The largest absolute Gasteiger partial charge is 0.495 e. The van der Waals surface area contributed by atoms with Crippen LogP contribution >= 0.6 is 23.4 Å². The standard InChI is InChI=1S/C21H26ClN3O3S/c1-27-18-13-19(28-2)17(12-16(18)22)24-21(26)15-6-7-20(23-14-15)29-11-10-25-8-4-3-5-9-25/h6-7,12-14H,3-5,8-11H2,1-2H3,(H,24,26). The van der Waals surface area contributed by atoms with Crippen molar-refractivity contribution in [2.45, 2.75) is 24.3 Å². The number of carbonyl (C=O) groups is 1. The van der Waals surface area contributed by atoms with E-state index in [0.717, 1.165) is 17.3 Å². The molecule has 1 aromatic heterocycles. The van der Waals surface area contributed by atoms with Crippen LogP contribution in [0, 0.1) is 0 Å². The maximum Gasteiger partial charge on any atom is 0.257 e. The average Bonchev–Trinajstić information content (AvgIpc) is 2.75. The zero-order valence-corrected chi connectivity index (χ0v) is 18.3. The summed E-state index contributed by atoms with van der Waals surface area (Å²) >= 11 is 7.88. The van der Waals surface area contributed by atoms with Gasteiger partial charge in [0.15, 0.2) is 0 Å². The van der Waals surface area contributed by atoms with Gasteiger partial charge in [-0.05, 0) is 44.1 Å². The summed E-state index contributed by atoms with van der Waals surface area (Å²) in [5.41, 5.74) is 0.947. The first-order valence-corrected chi connectivity index (χ1v) is 11.0. The van der Waals surface area contributed by atoms with Gasteiger partial charge in [-0.2, -0.15) is 0 Å². The number of hydrogen-bond donors (Lipinski definition) is 1. The minimum Gasteiger partial charge on any atom is -0.495 e. The Kier molecular flexibility index (Phi) is 8.03. The van der Waals surface area contributed by atoms with E-state index in [-0.39, 0.29) is 5.91 Å². The molecule has 1 saturated heterocycles. The van der Waals surface area contributed by atoms with Crippen LogP contribution in [0.3, 0.4) is 0 Å². The van der Waals surface area contributed by atoms with E-state index in [9.17, 15) is 4.79 Å². The molecule has 0 spiro atoms. The second-order valence-electron chi connectivity index (χ2n) is 6.78. The molecule has 3 rings (SSSR count). The highest BCUT2D eigenvalue weighted by Gasteiger charge is 2.14. The number of nitrogens with zero attached hydrogens (tertiary/aromatic N) is 2. The van der Waals surface area contributed by atoms with Gasteiger partial charge >= 0.3 is 0 Å². The fraction of sp³-hybridized carbons (Fsp3) is 0.429. The maximum absolute atomic E-state index is 12.6. The van der Waals surface area contributed by atoms with E-state index in [1.165, 1.54) is 46.6 Å². The summed E-state index contributed by atoms with van der Waals surface area (Å²) in [5, 5.41) is 4.13. The first-order valence-electron chi connectivity index (χ1n) is 9.65. The third-order valence-electron chi connectivity index (χ3n) is 4.83. The number of halogens is 1. The van der Waals surface area contributed by atoms with E-state index >= 15 is 0 Å². The number of benzene rings is 1. The molecule has 0 saturated carbocycles. The normalized spacial score (nSPS) is 14.4. The molecule has 1 N–H and O–H groups in total. The van der Waals surface area contributed by atoms with Crippen LogP contribution in [0.2, 0.25) is 5.02 Å². The molecule has 1 amide bonds. The zero-order chi connectivity index (χ0) is 20.6. The van der Waals surface area contributed by atoms with Crippen LogP contribution in [-0.2, 0) is 0 Å². The summed E-state index contributed by atoms with van der Waals surface area (Å²) in [7, 11) is 3.05. The van der Waals surface area contributed by atoms with Crippen LogP contribution in [0.4, 0.5) is 5.69 Å². The Morgan fingerprint density at radius 2 is 1.93 bits per heavy atom. The predicted molar refractivity (Wildman–Crippen MR) is 118 cm³/mol. The number of ether oxygens (including phenoxy) is 2. The molecule has 2 heterocycles. The minimum absolute atomic E-state index is 0.276. The van der Waals surface area contributed by atoms with Crippen LogP contribution in [0.25, 0.3) is 0 Å². The molecule has 1 fully saturated rings. The predicted octanol–water partition coefficient (Wildman–Crippen LogP) is 4.58. The van der Waals surface area contributed by atoms with E-state index in [4.69, 9.17) is 21.1 Å². The minimum atomic E-state index is -0.276. The van der Waals surface area contributed by atoms with Crippen molar-refractivity contribution in [2.75, 3.05) is 44.9 Å². The summed E-state index contributed by atoms with van der Waals surface area (Å²) in [6.45, 7) is 3.48. The molecule has 0 atom stereocenters. The highest BCUT2D eigenvalue weighted by molar-refractivity contribution is 7.99. The van der Waals surface area contributed by atoms with Gasteiger partial charge in [-0.3, -0.25) is 4.79 Å². The molecule has 0 unspecified atom stereocenters. The number of carbonyl (C=O) groups excluding carboxylic acids is 1. The Bertz CT molecular complexity index is 827. The Labute approximate surface area is 180 Å². The highest BCUT2D eigenvalue weighted by atomic mass is 35.5. The summed E-state index contributed by atoms with van der Waals surface area (Å²) in [6, 6.07) is 6.91. The van der Waals surface area contributed by atoms with Crippen molar-refractivity contribution < 1.29 is 14.3 Å². The Morgan fingerprint density at radius 3 is 2.59 bits per heavy atom. The lowest BCUT2D eigenvalue weighted by Gasteiger charge is -2.25. The number of aromatic nitrogens is 1. The van der Waals surface area contributed by atoms with Crippen molar-refractivity contribution in [1.29, 1.82) is 0 Å². The van der Waals surface area contributed by atoms with E-state index in [1.807, 2.05) is 6.07 Å². The van der Waals surface area contributed by atoms with Gasteiger partial charge in [-0.25, -0.2) is 4.98 Å². The number of piperidine rings is 1. The fourth-order valence-electron chi connectivity index (χ4n) is 3.21. The molecular weight excluding hydrogens is 410 g/mol. The van der Waals surface area contributed by atoms with E-state index in [0.29, 0.717) is 27.8 Å². The number of rotatable bonds is 8. The van der Waals surface area contributed by atoms with Crippen LogP contribution < -0.4 is 14.8 Å². The molecule has 2 aromatic rings. The number of methoxy groups -OCH3 is 2. The number of likely N-dealkylation sites (tertiary alicyclic amines) is 1. The third kappa shape index (κ3) is 6.01. The van der Waals surface area contributed by atoms with Crippen molar-refractivity contribution in [2.24, 2.45) is 0 Å². The fourth-order valence-corrected chi connectivity index (χ4v) is 4.31.